The van der Waals surface area contributed by atoms with Crippen LogP contribution in [0.15, 0.2) is 23.1 Å². The Morgan fingerprint density at radius 2 is 2.17 bits per heavy atom. The van der Waals surface area contributed by atoms with Gasteiger partial charge in [0, 0.05) is 0 Å². The molecular weight excluding hydrogens is 261 g/mol. The highest BCUT2D eigenvalue weighted by molar-refractivity contribution is 7.92. The zero-order chi connectivity index (χ0) is 13.9. The molecule has 0 amide bonds. The number of rotatable bonds is 4. The third-order valence-corrected chi connectivity index (χ3v) is 4.51. The summed E-state index contributed by atoms with van der Waals surface area (Å²) in [5.41, 5.74) is -0.351. The van der Waals surface area contributed by atoms with Gasteiger partial charge in [-0.05, 0) is 24.6 Å². The van der Waals surface area contributed by atoms with Gasteiger partial charge in [0.15, 0.2) is 15.1 Å². The summed E-state index contributed by atoms with van der Waals surface area (Å²) < 4.78 is 37.4. The van der Waals surface area contributed by atoms with Crippen molar-refractivity contribution in [3.63, 3.8) is 0 Å². The largest absolute Gasteiger partial charge is 0.478 e. The van der Waals surface area contributed by atoms with Crippen LogP contribution in [0.4, 0.5) is 4.39 Å². The first-order valence-corrected chi connectivity index (χ1v) is 6.55. The van der Waals surface area contributed by atoms with Crippen LogP contribution in [0.25, 0.3) is 0 Å². The number of carbonyl (C=O) groups is 1. The summed E-state index contributed by atoms with van der Waals surface area (Å²) in [5, 5.41) is 16.0. The molecule has 0 radical (unpaired) electrons. The molecule has 0 aliphatic heterocycles. The Hall–Kier alpha value is -1.94. The minimum absolute atomic E-state index is 0.0267. The molecule has 1 aromatic rings. The van der Waals surface area contributed by atoms with Crippen molar-refractivity contribution in [2.45, 2.75) is 23.5 Å². The smallest absolute Gasteiger partial charge is 0.335 e. The van der Waals surface area contributed by atoms with Gasteiger partial charge in [-0.25, -0.2) is 17.6 Å². The third kappa shape index (κ3) is 2.49. The summed E-state index contributed by atoms with van der Waals surface area (Å²) in [4.78, 5) is 9.94. The van der Waals surface area contributed by atoms with Crippen LogP contribution in [0.1, 0.15) is 23.7 Å². The number of benzene rings is 1. The second kappa shape index (κ2) is 5.14. The normalized spacial score (nSPS) is 12.7. The van der Waals surface area contributed by atoms with Crippen LogP contribution < -0.4 is 0 Å². The lowest BCUT2D eigenvalue weighted by Gasteiger charge is -2.09. The van der Waals surface area contributed by atoms with Gasteiger partial charge in [0.2, 0.25) is 0 Å². The Morgan fingerprint density at radius 1 is 1.56 bits per heavy atom. The van der Waals surface area contributed by atoms with Crippen molar-refractivity contribution in [3.05, 3.63) is 29.6 Å². The van der Waals surface area contributed by atoms with Crippen LogP contribution in [0.5, 0.6) is 0 Å². The molecule has 5 nitrogen and oxygen atoms in total. The topological polar surface area (TPSA) is 95.2 Å². The minimum atomic E-state index is -4.10. The van der Waals surface area contributed by atoms with E-state index in [0.29, 0.717) is 6.07 Å². The molecule has 0 heterocycles. The monoisotopic (exact) mass is 271 g/mol. The van der Waals surface area contributed by atoms with Gasteiger partial charge in [0.05, 0.1) is 11.6 Å². The van der Waals surface area contributed by atoms with Crippen LogP contribution >= 0.6 is 0 Å². The number of sulfone groups is 1. The fraction of sp³-hybridized carbons (Fsp3) is 0.273. The molecule has 1 aromatic carbocycles. The van der Waals surface area contributed by atoms with Gasteiger partial charge in [-0.1, -0.05) is 6.92 Å². The number of hydrogen-bond acceptors (Lipinski definition) is 4. The molecule has 0 saturated carbocycles. The van der Waals surface area contributed by atoms with E-state index in [9.17, 15) is 17.6 Å². The Kier molecular flexibility index (Phi) is 4.03. The summed E-state index contributed by atoms with van der Waals surface area (Å²) in [6.07, 6.45) is 0.0267. The molecular formula is C11H10FNO4S. The lowest BCUT2D eigenvalue weighted by atomic mass is 10.2. The summed E-state index contributed by atoms with van der Waals surface area (Å²) >= 11 is 0. The number of nitrogens with zero attached hydrogens (tertiary/aromatic N) is 1. The van der Waals surface area contributed by atoms with E-state index >= 15 is 0 Å². The first-order valence-electron chi connectivity index (χ1n) is 5.01. The predicted octanol–water partition coefficient (Wildman–Crippen LogP) is 1.60. The van der Waals surface area contributed by atoms with Crippen molar-refractivity contribution in [1.29, 1.82) is 5.26 Å². The SMILES string of the molecule is CCC(C#N)S(=O)(=O)c1ccc(C(=O)O)cc1F. The first-order chi connectivity index (χ1) is 8.34. The van der Waals surface area contributed by atoms with Crippen LogP contribution in [-0.2, 0) is 9.84 Å². The Labute approximate surface area is 103 Å². The Bertz CT molecular complexity index is 618. The van der Waals surface area contributed by atoms with Crippen LogP contribution in [0, 0.1) is 17.1 Å². The summed E-state index contributed by atoms with van der Waals surface area (Å²) in [5.74, 6) is -2.52. The molecule has 1 unspecified atom stereocenters. The summed E-state index contributed by atoms with van der Waals surface area (Å²) in [6.45, 7) is 1.49. The molecule has 0 aliphatic carbocycles. The maximum absolute atomic E-state index is 13.6. The van der Waals surface area contributed by atoms with Gasteiger partial charge < -0.3 is 5.11 Å². The first kappa shape index (κ1) is 14.1. The number of aromatic carboxylic acids is 1. The maximum atomic E-state index is 13.6. The summed E-state index contributed by atoms with van der Waals surface area (Å²) in [6, 6.07) is 4.07. The molecule has 96 valence electrons. The molecule has 1 N–H and O–H groups in total. The molecule has 0 aromatic heterocycles. The van der Waals surface area contributed by atoms with E-state index in [0.717, 1.165) is 12.1 Å². The molecule has 1 rings (SSSR count). The highest BCUT2D eigenvalue weighted by atomic mass is 32.2. The highest BCUT2D eigenvalue weighted by Gasteiger charge is 2.29. The molecule has 0 bridgehead atoms. The van der Waals surface area contributed by atoms with E-state index in [1.54, 1.807) is 6.07 Å². The number of nitriles is 1. The summed E-state index contributed by atoms with van der Waals surface area (Å²) in [7, 11) is -4.10. The van der Waals surface area contributed by atoms with Crippen molar-refractivity contribution in [1.82, 2.24) is 0 Å². The van der Waals surface area contributed by atoms with Crippen LogP contribution in [0.3, 0.4) is 0 Å². The van der Waals surface area contributed by atoms with Crippen molar-refractivity contribution < 1.29 is 22.7 Å². The third-order valence-electron chi connectivity index (χ3n) is 2.37. The Morgan fingerprint density at radius 3 is 2.56 bits per heavy atom. The van der Waals surface area contributed by atoms with E-state index in [1.165, 1.54) is 6.92 Å². The van der Waals surface area contributed by atoms with E-state index in [-0.39, 0.29) is 12.0 Å². The number of carboxylic acids is 1. The molecule has 0 spiro atoms. The van der Waals surface area contributed by atoms with Gasteiger partial charge in [-0.3, -0.25) is 0 Å². The molecule has 0 aliphatic rings. The number of hydrogen-bond donors (Lipinski definition) is 1. The van der Waals surface area contributed by atoms with E-state index in [2.05, 4.69) is 0 Å². The predicted molar refractivity (Wildman–Crippen MR) is 60.2 cm³/mol. The average molecular weight is 271 g/mol. The lowest BCUT2D eigenvalue weighted by Crippen LogP contribution is -2.20. The standard InChI is InChI=1S/C11H10FNO4S/c1-2-8(6-13)18(16,17)10-4-3-7(11(14)15)5-9(10)12/h3-5,8H,2H2,1H3,(H,14,15). The van der Waals surface area contributed by atoms with Gasteiger partial charge in [0.1, 0.15) is 10.7 Å². The second-order valence-corrected chi connectivity index (χ2v) is 5.62. The van der Waals surface area contributed by atoms with Crippen molar-refractivity contribution in [2.24, 2.45) is 0 Å². The quantitative estimate of drug-likeness (QED) is 0.897. The van der Waals surface area contributed by atoms with Crippen LogP contribution in [-0.4, -0.2) is 24.7 Å². The number of halogens is 1. The maximum Gasteiger partial charge on any atom is 0.335 e. The zero-order valence-electron chi connectivity index (χ0n) is 9.42. The van der Waals surface area contributed by atoms with Gasteiger partial charge in [0.25, 0.3) is 0 Å². The van der Waals surface area contributed by atoms with Crippen molar-refractivity contribution in [2.75, 3.05) is 0 Å². The van der Waals surface area contributed by atoms with Gasteiger partial charge in [-0.2, -0.15) is 5.26 Å². The fourth-order valence-electron chi connectivity index (χ4n) is 1.40. The van der Waals surface area contributed by atoms with Gasteiger partial charge in [-0.15, -0.1) is 0 Å². The number of carboxylic acid groups (broad SMARTS) is 1. The van der Waals surface area contributed by atoms with E-state index < -0.39 is 31.8 Å². The van der Waals surface area contributed by atoms with E-state index in [1.807, 2.05) is 0 Å². The average Bonchev–Trinajstić information content (AvgIpc) is 2.29. The van der Waals surface area contributed by atoms with Crippen molar-refractivity contribution in [3.8, 4) is 6.07 Å². The van der Waals surface area contributed by atoms with Crippen molar-refractivity contribution >= 4 is 15.8 Å². The van der Waals surface area contributed by atoms with E-state index in [4.69, 9.17) is 10.4 Å². The molecule has 1 atom stereocenters. The highest BCUT2D eigenvalue weighted by Crippen LogP contribution is 2.22. The minimum Gasteiger partial charge on any atom is -0.478 e. The molecule has 7 heteroatoms. The van der Waals surface area contributed by atoms with Crippen LogP contribution in [0.2, 0.25) is 0 Å². The molecule has 18 heavy (non-hydrogen) atoms. The second-order valence-electron chi connectivity index (χ2n) is 3.52. The molecule has 0 saturated heterocycles. The molecule has 0 fully saturated rings. The lowest BCUT2D eigenvalue weighted by molar-refractivity contribution is 0.0696. The fourth-order valence-corrected chi connectivity index (χ4v) is 2.87. The Balaban J connectivity index is 3.36. The van der Waals surface area contributed by atoms with Gasteiger partial charge >= 0.3 is 5.97 Å². The zero-order valence-corrected chi connectivity index (χ0v) is 10.2.